The largest absolute Gasteiger partial charge is 0.356 e. The summed E-state index contributed by atoms with van der Waals surface area (Å²) < 4.78 is 1.11. The van der Waals surface area contributed by atoms with Gasteiger partial charge >= 0.3 is 0 Å². The number of benzene rings is 1. The first kappa shape index (κ1) is 15.2. The summed E-state index contributed by atoms with van der Waals surface area (Å²) in [5.74, 6) is 0.654. The summed E-state index contributed by atoms with van der Waals surface area (Å²) in [7, 11) is 0. The molecule has 0 bridgehead atoms. The SMILES string of the molecule is CCCC(C)CC(=O)NCCc1ccccc1Br. The number of halogens is 1. The van der Waals surface area contributed by atoms with Crippen LogP contribution in [0.1, 0.15) is 38.7 Å². The number of amides is 1. The molecule has 18 heavy (non-hydrogen) atoms. The van der Waals surface area contributed by atoms with Gasteiger partial charge in [0.1, 0.15) is 0 Å². The van der Waals surface area contributed by atoms with Crippen molar-refractivity contribution in [1.82, 2.24) is 5.32 Å². The molecule has 0 aromatic heterocycles. The lowest BCUT2D eigenvalue weighted by Gasteiger charge is -2.10. The minimum absolute atomic E-state index is 0.169. The molecule has 1 aromatic carbocycles. The third-order valence-electron chi connectivity index (χ3n) is 2.99. The average Bonchev–Trinajstić information content (AvgIpc) is 2.31. The molecule has 1 amide bonds. The molecule has 3 heteroatoms. The normalized spacial score (nSPS) is 12.2. The smallest absolute Gasteiger partial charge is 0.220 e. The van der Waals surface area contributed by atoms with Crippen molar-refractivity contribution in [3.63, 3.8) is 0 Å². The summed E-state index contributed by atoms with van der Waals surface area (Å²) in [5, 5.41) is 2.99. The molecule has 0 aliphatic carbocycles. The van der Waals surface area contributed by atoms with E-state index in [1.165, 1.54) is 5.56 Å². The van der Waals surface area contributed by atoms with Gasteiger partial charge < -0.3 is 5.32 Å². The van der Waals surface area contributed by atoms with Crippen LogP contribution in [0.2, 0.25) is 0 Å². The summed E-state index contributed by atoms with van der Waals surface area (Å²) in [4.78, 5) is 11.7. The second kappa shape index (κ2) is 8.30. The second-order valence-electron chi connectivity index (χ2n) is 4.79. The van der Waals surface area contributed by atoms with Gasteiger partial charge in [0.15, 0.2) is 0 Å². The van der Waals surface area contributed by atoms with Crippen molar-refractivity contribution < 1.29 is 4.79 Å². The first-order valence-electron chi connectivity index (χ1n) is 6.63. The Kier molecular flexibility index (Phi) is 7.02. The fraction of sp³-hybridized carbons (Fsp3) is 0.533. The Labute approximate surface area is 118 Å². The van der Waals surface area contributed by atoms with Gasteiger partial charge in [-0.2, -0.15) is 0 Å². The van der Waals surface area contributed by atoms with Crippen LogP contribution < -0.4 is 5.32 Å². The Morgan fingerprint density at radius 1 is 1.39 bits per heavy atom. The van der Waals surface area contributed by atoms with Crippen molar-refractivity contribution in [1.29, 1.82) is 0 Å². The number of nitrogens with one attached hydrogen (secondary N) is 1. The summed E-state index contributed by atoms with van der Waals surface area (Å²) >= 11 is 3.51. The number of carbonyl (C=O) groups excluding carboxylic acids is 1. The van der Waals surface area contributed by atoms with Crippen LogP contribution in [0.3, 0.4) is 0 Å². The molecule has 1 unspecified atom stereocenters. The zero-order chi connectivity index (χ0) is 13.4. The van der Waals surface area contributed by atoms with Crippen LogP contribution in [0, 0.1) is 5.92 Å². The summed E-state index contributed by atoms with van der Waals surface area (Å²) in [6.45, 7) is 5.00. The summed E-state index contributed by atoms with van der Waals surface area (Å²) in [6.07, 6.45) is 3.78. The predicted octanol–water partition coefficient (Wildman–Crippen LogP) is 3.93. The molecule has 0 saturated heterocycles. The van der Waals surface area contributed by atoms with Crippen molar-refractivity contribution in [2.75, 3.05) is 6.54 Å². The third-order valence-corrected chi connectivity index (χ3v) is 3.76. The third kappa shape index (κ3) is 5.67. The lowest BCUT2D eigenvalue weighted by Crippen LogP contribution is -2.27. The molecule has 0 fully saturated rings. The van der Waals surface area contributed by atoms with Crippen LogP contribution in [0.15, 0.2) is 28.7 Å². The molecular formula is C15H22BrNO. The molecule has 0 aliphatic rings. The topological polar surface area (TPSA) is 29.1 Å². The molecular weight excluding hydrogens is 290 g/mol. The Morgan fingerprint density at radius 2 is 2.11 bits per heavy atom. The van der Waals surface area contributed by atoms with Gasteiger partial charge in [-0.3, -0.25) is 4.79 Å². The monoisotopic (exact) mass is 311 g/mol. The fourth-order valence-electron chi connectivity index (χ4n) is 2.02. The number of hydrogen-bond donors (Lipinski definition) is 1. The Hall–Kier alpha value is -0.830. The van der Waals surface area contributed by atoms with Crippen molar-refractivity contribution in [2.45, 2.75) is 39.5 Å². The van der Waals surface area contributed by atoms with E-state index in [0.29, 0.717) is 18.9 Å². The maximum absolute atomic E-state index is 11.7. The lowest BCUT2D eigenvalue weighted by molar-refractivity contribution is -0.121. The maximum atomic E-state index is 11.7. The molecule has 1 rings (SSSR count). The molecule has 1 N–H and O–H groups in total. The van der Waals surface area contributed by atoms with Crippen molar-refractivity contribution in [2.24, 2.45) is 5.92 Å². The maximum Gasteiger partial charge on any atom is 0.220 e. The second-order valence-corrected chi connectivity index (χ2v) is 5.64. The van der Waals surface area contributed by atoms with Gasteiger partial charge in [0, 0.05) is 17.4 Å². The highest BCUT2D eigenvalue weighted by molar-refractivity contribution is 9.10. The Balaban J connectivity index is 2.25. The molecule has 0 heterocycles. The average molecular weight is 312 g/mol. The van der Waals surface area contributed by atoms with E-state index in [1.54, 1.807) is 0 Å². The van der Waals surface area contributed by atoms with Crippen LogP contribution in [0.5, 0.6) is 0 Å². The quantitative estimate of drug-likeness (QED) is 0.812. The Bertz CT molecular complexity index is 379. The van der Waals surface area contributed by atoms with Gasteiger partial charge in [-0.1, -0.05) is 60.8 Å². The molecule has 100 valence electrons. The molecule has 1 atom stereocenters. The van der Waals surface area contributed by atoms with Crippen molar-refractivity contribution >= 4 is 21.8 Å². The summed E-state index contributed by atoms with van der Waals surface area (Å²) in [5.41, 5.74) is 1.24. The van der Waals surface area contributed by atoms with E-state index in [0.717, 1.165) is 23.7 Å². The van der Waals surface area contributed by atoms with Gasteiger partial charge in [0.05, 0.1) is 0 Å². The first-order valence-corrected chi connectivity index (χ1v) is 7.43. The number of carbonyl (C=O) groups is 1. The lowest BCUT2D eigenvalue weighted by atomic mass is 10.0. The number of hydrogen-bond acceptors (Lipinski definition) is 1. The van der Waals surface area contributed by atoms with E-state index >= 15 is 0 Å². The van der Waals surface area contributed by atoms with Crippen molar-refractivity contribution in [3.8, 4) is 0 Å². The predicted molar refractivity (Wildman–Crippen MR) is 79.5 cm³/mol. The van der Waals surface area contributed by atoms with Crippen LogP contribution in [-0.4, -0.2) is 12.5 Å². The van der Waals surface area contributed by atoms with Gasteiger partial charge in [-0.15, -0.1) is 0 Å². The highest BCUT2D eigenvalue weighted by atomic mass is 79.9. The standard InChI is InChI=1S/C15H22BrNO/c1-3-6-12(2)11-15(18)17-10-9-13-7-4-5-8-14(13)16/h4-5,7-8,12H,3,6,9-11H2,1-2H3,(H,17,18). The van der Waals surface area contributed by atoms with Crippen LogP contribution >= 0.6 is 15.9 Å². The molecule has 0 radical (unpaired) electrons. The van der Waals surface area contributed by atoms with E-state index in [2.05, 4.69) is 41.2 Å². The number of rotatable bonds is 7. The van der Waals surface area contributed by atoms with Gasteiger partial charge in [0.2, 0.25) is 5.91 Å². The molecule has 0 saturated carbocycles. The van der Waals surface area contributed by atoms with E-state index in [4.69, 9.17) is 0 Å². The molecule has 1 aromatic rings. The van der Waals surface area contributed by atoms with Crippen LogP contribution in [-0.2, 0) is 11.2 Å². The van der Waals surface area contributed by atoms with Crippen LogP contribution in [0.25, 0.3) is 0 Å². The van der Waals surface area contributed by atoms with Gasteiger partial charge in [-0.05, 0) is 24.0 Å². The zero-order valence-corrected chi connectivity index (χ0v) is 12.8. The molecule has 0 spiro atoms. The highest BCUT2D eigenvalue weighted by Gasteiger charge is 2.07. The first-order chi connectivity index (χ1) is 8.63. The van der Waals surface area contributed by atoms with Gasteiger partial charge in [0.25, 0.3) is 0 Å². The van der Waals surface area contributed by atoms with E-state index in [1.807, 2.05) is 18.2 Å². The van der Waals surface area contributed by atoms with Crippen molar-refractivity contribution in [3.05, 3.63) is 34.3 Å². The minimum Gasteiger partial charge on any atom is -0.356 e. The molecule has 0 aliphatic heterocycles. The Morgan fingerprint density at radius 3 is 2.78 bits per heavy atom. The van der Waals surface area contributed by atoms with Crippen LogP contribution in [0.4, 0.5) is 0 Å². The molecule has 2 nitrogen and oxygen atoms in total. The highest BCUT2D eigenvalue weighted by Crippen LogP contribution is 2.16. The van der Waals surface area contributed by atoms with E-state index < -0.39 is 0 Å². The summed E-state index contributed by atoms with van der Waals surface area (Å²) in [6, 6.07) is 8.13. The zero-order valence-electron chi connectivity index (χ0n) is 11.2. The minimum atomic E-state index is 0.169. The fourth-order valence-corrected chi connectivity index (χ4v) is 2.50. The van der Waals surface area contributed by atoms with E-state index in [-0.39, 0.29) is 5.91 Å². The van der Waals surface area contributed by atoms with E-state index in [9.17, 15) is 4.79 Å². The van der Waals surface area contributed by atoms with Gasteiger partial charge in [-0.25, -0.2) is 0 Å².